The van der Waals surface area contributed by atoms with E-state index < -0.39 is 18.5 Å². The molecule has 0 spiro atoms. The second-order valence-electron chi connectivity index (χ2n) is 6.80. The largest absolute Gasteiger partial charge is 0.452 e. The van der Waals surface area contributed by atoms with E-state index in [1.807, 2.05) is 19.1 Å². The molecule has 1 amide bonds. The Hall–Kier alpha value is -2.04. The molecule has 6 heteroatoms. The third-order valence-electron chi connectivity index (χ3n) is 4.00. The van der Waals surface area contributed by atoms with Crippen molar-refractivity contribution in [2.75, 3.05) is 6.61 Å². The predicted octanol–water partition coefficient (Wildman–Crippen LogP) is 5.23. The minimum absolute atomic E-state index is 0.0578. The Morgan fingerprint density at radius 1 is 1.00 bits per heavy atom. The SMILES string of the molecule is CC(C)Cc1ccc([C@@H](C)NC(=O)COC(=O)c2c(Cl)cccc2Cl)cc1. The number of halogens is 2. The summed E-state index contributed by atoms with van der Waals surface area (Å²) in [4.78, 5) is 24.2. The van der Waals surface area contributed by atoms with E-state index in [0.717, 1.165) is 12.0 Å². The lowest BCUT2D eigenvalue weighted by molar-refractivity contribution is -0.124. The van der Waals surface area contributed by atoms with E-state index in [1.54, 1.807) is 6.07 Å². The normalized spacial score (nSPS) is 11.9. The van der Waals surface area contributed by atoms with Crippen LogP contribution in [0, 0.1) is 5.92 Å². The summed E-state index contributed by atoms with van der Waals surface area (Å²) >= 11 is 11.9. The van der Waals surface area contributed by atoms with E-state index >= 15 is 0 Å². The molecule has 4 nitrogen and oxygen atoms in total. The van der Waals surface area contributed by atoms with E-state index in [9.17, 15) is 9.59 Å². The van der Waals surface area contributed by atoms with E-state index in [2.05, 4.69) is 31.3 Å². The third-order valence-corrected chi connectivity index (χ3v) is 4.63. The summed E-state index contributed by atoms with van der Waals surface area (Å²) in [7, 11) is 0. The highest BCUT2D eigenvalue weighted by molar-refractivity contribution is 6.39. The van der Waals surface area contributed by atoms with Gasteiger partial charge in [0.1, 0.15) is 0 Å². The number of carbonyl (C=O) groups is 2. The van der Waals surface area contributed by atoms with Gasteiger partial charge in [-0.3, -0.25) is 4.79 Å². The molecule has 0 aliphatic carbocycles. The first kappa shape index (κ1) is 21.3. The van der Waals surface area contributed by atoms with Crippen LogP contribution in [-0.2, 0) is 16.0 Å². The second kappa shape index (κ2) is 9.77. The highest BCUT2D eigenvalue weighted by Gasteiger charge is 2.18. The van der Waals surface area contributed by atoms with E-state index in [4.69, 9.17) is 27.9 Å². The van der Waals surface area contributed by atoms with Crippen LogP contribution >= 0.6 is 23.2 Å². The molecule has 0 fully saturated rings. The number of hydrogen-bond acceptors (Lipinski definition) is 3. The molecule has 1 atom stereocenters. The van der Waals surface area contributed by atoms with Crippen molar-refractivity contribution >= 4 is 35.1 Å². The lowest BCUT2D eigenvalue weighted by Crippen LogP contribution is -2.31. The Labute approximate surface area is 169 Å². The summed E-state index contributed by atoms with van der Waals surface area (Å²) in [6, 6.07) is 12.6. The molecule has 2 aromatic rings. The summed E-state index contributed by atoms with van der Waals surface area (Å²) in [6.07, 6.45) is 1.02. The minimum Gasteiger partial charge on any atom is -0.452 e. The second-order valence-corrected chi connectivity index (χ2v) is 7.62. The summed E-state index contributed by atoms with van der Waals surface area (Å²) in [6.45, 7) is 5.82. The van der Waals surface area contributed by atoms with Gasteiger partial charge in [0.05, 0.1) is 21.7 Å². The van der Waals surface area contributed by atoms with Crippen LogP contribution in [-0.4, -0.2) is 18.5 Å². The molecule has 0 aliphatic heterocycles. The topological polar surface area (TPSA) is 55.4 Å². The van der Waals surface area contributed by atoms with E-state index in [0.29, 0.717) is 5.92 Å². The Balaban J connectivity index is 1.88. The quantitative estimate of drug-likeness (QED) is 0.639. The molecule has 0 bridgehead atoms. The molecule has 144 valence electrons. The van der Waals surface area contributed by atoms with Gasteiger partial charge in [0.15, 0.2) is 6.61 Å². The van der Waals surface area contributed by atoms with Crippen molar-refractivity contribution in [1.82, 2.24) is 5.32 Å². The summed E-state index contributed by atoms with van der Waals surface area (Å²) < 4.78 is 5.03. The molecular weight excluding hydrogens is 385 g/mol. The standard InChI is InChI=1S/C21H23Cl2NO3/c1-13(2)11-15-7-9-16(10-8-15)14(3)24-19(25)12-27-21(26)20-17(22)5-4-6-18(20)23/h4-10,13-14H,11-12H2,1-3H3,(H,24,25)/t14-/m1/s1. The van der Waals surface area contributed by atoms with Crippen molar-refractivity contribution in [1.29, 1.82) is 0 Å². The maximum absolute atomic E-state index is 12.1. The van der Waals surface area contributed by atoms with Gasteiger partial charge in [-0.1, -0.05) is 67.4 Å². The molecule has 0 aromatic heterocycles. The molecule has 2 aromatic carbocycles. The maximum atomic E-state index is 12.1. The minimum atomic E-state index is -0.730. The molecule has 27 heavy (non-hydrogen) atoms. The third kappa shape index (κ3) is 6.26. The van der Waals surface area contributed by atoms with Crippen molar-refractivity contribution in [3.63, 3.8) is 0 Å². The number of nitrogens with one attached hydrogen (secondary N) is 1. The van der Waals surface area contributed by atoms with Crippen molar-refractivity contribution in [3.05, 3.63) is 69.2 Å². The first-order chi connectivity index (χ1) is 12.8. The summed E-state index contributed by atoms with van der Waals surface area (Å²) in [5, 5.41) is 3.18. The fourth-order valence-electron chi connectivity index (χ4n) is 2.68. The Bertz CT molecular complexity index is 783. The van der Waals surface area contributed by atoms with E-state index in [-0.39, 0.29) is 21.7 Å². The molecular formula is C21H23Cl2NO3. The molecule has 0 saturated heterocycles. The van der Waals surface area contributed by atoms with Gasteiger partial charge >= 0.3 is 5.97 Å². The molecule has 0 radical (unpaired) electrons. The Kier molecular flexibility index (Phi) is 7.69. The Morgan fingerprint density at radius 3 is 2.15 bits per heavy atom. The summed E-state index contributed by atoms with van der Waals surface area (Å²) in [5.74, 6) is -0.536. The van der Waals surface area contributed by atoms with Crippen LogP contribution in [0.1, 0.15) is 48.3 Å². The lowest BCUT2D eigenvalue weighted by atomic mass is 10.00. The van der Waals surface area contributed by atoms with Crippen LogP contribution in [0.15, 0.2) is 42.5 Å². The first-order valence-corrected chi connectivity index (χ1v) is 9.53. The van der Waals surface area contributed by atoms with Gasteiger partial charge in [-0.05, 0) is 42.5 Å². The highest BCUT2D eigenvalue weighted by Crippen LogP contribution is 2.25. The number of rotatable bonds is 7. The number of benzene rings is 2. The maximum Gasteiger partial charge on any atom is 0.341 e. The number of ether oxygens (including phenoxy) is 1. The van der Waals surface area contributed by atoms with Gasteiger partial charge < -0.3 is 10.1 Å². The van der Waals surface area contributed by atoms with Gasteiger partial charge in [-0.2, -0.15) is 0 Å². The average Bonchev–Trinajstić information content (AvgIpc) is 2.60. The zero-order valence-corrected chi connectivity index (χ0v) is 17.1. The van der Waals surface area contributed by atoms with Crippen LogP contribution in [0.2, 0.25) is 10.0 Å². The average molecular weight is 408 g/mol. The van der Waals surface area contributed by atoms with Crippen LogP contribution in [0.5, 0.6) is 0 Å². The van der Waals surface area contributed by atoms with Crippen LogP contribution in [0.4, 0.5) is 0 Å². The van der Waals surface area contributed by atoms with Crippen LogP contribution < -0.4 is 5.32 Å². The van der Waals surface area contributed by atoms with Crippen molar-refractivity contribution < 1.29 is 14.3 Å². The monoisotopic (exact) mass is 407 g/mol. The van der Waals surface area contributed by atoms with E-state index in [1.165, 1.54) is 17.7 Å². The van der Waals surface area contributed by atoms with Gasteiger partial charge in [-0.25, -0.2) is 4.79 Å². The van der Waals surface area contributed by atoms with Crippen molar-refractivity contribution in [2.45, 2.75) is 33.2 Å². The fraction of sp³-hybridized carbons (Fsp3) is 0.333. The van der Waals surface area contributed by atoms with Gasteiger partial charge in [0.25, 0.3) is 5.91 Å². The zero-order chi connectivity index (χ0) is 20.0. The number of hydrogen-bond donors (Lipinski definition) is 1. The first-order valence-electron chi connectivity index (χ1n) is 8.77. The van der Waals surface area contributed by atoms with Crippen LogP contribution in [0.25, 0.3) is 0 Å². The molecule has 0 saturated carbocycles. The van der Waals surface area contributed by atoms with Gasteiger partial charge in [0, 0.05) is 0 Å². The van der Waals surface area contributed by atoms with Crippen molar-refractivity contribution in [2.24, 2.45) is 5.92 Å². The molecule has 0 unspecified atom stereocenters. The smallest absolute Gasteiger partial charge is 0.341 e. The van der Waals surface area contributed by atoms with Gasteiger partial charge in [-0.15, -0.1) is 0 Å². The highest BCUT2D eigenvalue weighted by atomic mass is 35.5. The van der Waals surface area contributed by atoms with Crippen LogP contribution in [0.3, 0.4) is 0 Å². The zero-order valence-electron chi connectivity index (χ0n) is 15.6. The Morgan fingerprint density at radius 2 is 1.59 bits per heavy atom. The number of esters is 1. The number of amides is 1. The molecule has 1 N–H and O–H groups in total. The molecule has 0 heterocycles. The summed E-state index contributed by atoms with van der Waals surface area (Å²) in [5.41, 5.74) is 2.30. The fourth-order valence-corrected chi connectivity index (χ4v) is 3.23. The lowest BCUT2D eigenvalue weighted by Gasteiger charge is -2.15. The molecule has 0 aliphatic rings. The number of carbonyl (C=O) groups excluding carboxylic acids is 2. The van der Waals surface area contributed by atoms with Crippen molar-refractivity contribution in [3.8, 4) is 0 Å². The predicted molar refractivity (Wildman–Crippen MR) is 108 cm³/mol. The van der Waals surface area contributed by atoms with Gasteiger partial charge in [0.2, 0.25) is 0 Å². The molecule has 2 rings (SSSR count).